The average Bonchev–Trinajstić information content (AvgIpc) is 3.35. The SMILES string of the molecule is COC(=O)Nc1ncc(/C(N)=C/CN(N)c2cc(NC(=O)c3cc(CN(C)C)cc(C(C)(C)C)c3)ccc2C)s1. The number of aryl methyl sites for hydroxylation is 1. The molecule has 40 heavy (non-hydrogen) atoms. The Balaban J connectivity index is 1.76. The number of hydrogen-bond donors (Lipinski definition) is 4. The molecule has 0 bridgehead atoms. The zero-order valence-electron chi connectivity index (χ0n) is 24.2. The minimum atomic E-state index is -0.602. The number of nitrogens with one attached hydrogen (secondary N) is 2. The number of rotatable bonds is 9. The first-order valence-corrected chi connectivity index (χ1v) is 13.6. The lowest BCUT2D eigenvalue weighted by Crippen LogP contribution is -2.32. The molecule has 0 fully saturated rings. The van der Waals surface area contributed by atoms with Crippen molar-refractivity contribution in [3.05, 3.63) is 75.8 Å². The van der Waals surface area contributed by atoms with Crippen LogP contribution in [0.15, 0.2) is 48.7 Å². The number of carbonyl (C=O) groups is 2. The highest BCUT2D eigenvalue weighted by Crippen LogP contribution is 2.27. The van der Waals surface area contributed by atoms with E-state index in [1.807, 2.05) is 51.4 Å². The number of anilines is 3. The number of ether oxygens (including phenoxy) is 1. The molecule has 3 rings (SSSR count). The molecular weight excluding hydrogens is 526 g/mol. The molecule has 0 radical (unpaired) electrons. The summed E-state index contributed by atoms with van der Waals surface area (Å²) in [5.41, 5.74) is 11.7. The molecule has 0 aliphatic heterocycles. The van der Waals surface area contributed by atoms with Gasteiger partial charge in [-0.2, -0.15) is 0 Å². The van der Waals surface area contributed by atoms with Gasteiger partial charge >= 0.3 is 6.09 Å². The van der Waals surface area contributed by atoms with Crippen molar-refractivity contribution in [1.29, 1.82) is 0 Å². The van der Waals surface area contributed by atoms with Crippen LogP contribution in [0.3, 0.4) is 0 Å². The third kappa shape index (κ3) is 8.28. The Labute approximate surface area is 240 Å². The van der Waals surface area contributed by atoms with E-state index in [1.54, 1.807) is 17.3 Å². The van der Waals surface area contributed by atoms with Crippen LogP contribution < -0.4 is 27.2 Å². The molecule has 0 saturated heterocycles. The van der Waals surface area contributed by atoms with Gasteiger partial charge in [0.05, 0.1) is 24.2 Å². The Morgan fingerprint density at radius 1 is 1.12 bits per heavy atom. The van der Waals surface area contributed by atoms with E-state index in [0.717, 1.165) is 28.9 Å². The molecule has 214 valence electrons. The van der Waals surface area contributed by atoms with Crippen LogP contribution in [0.2, 0.25) is 0 Å². The van der Waals surface area contributed by atoms with Crippen molar-refractivity contribution in [2.24, 2.45) is 11.6 Å². The van der Waals surface area contributed by atoms with Crippen molar-refractivity contribution in [3.8, 4) is 0 Å². The third-order valence-electron chi connectivity index (χ3n) is 6.09. The maximum absolute atomic E-state index is 13.3. The fraction of sp³-hybridized carbons (Fsp3) is 0.345. The minimum absolute atomic E-state index is 0.0948. The van der Waals surface area contributed by atoms with E-state index in [0.29, 0.717) is 33.5 Å². The predicted octanol–water partition coefficient (Wildman–Crippen LogP) is 4.92. The van der Waals surface area contributed by atoms with Gasteiger partial charge in [0, 0.05) is 29.7 Å². The summed E-state index contributed by atoms with van der Waals surface area (Å²) in [5, 5.41) is 7.48. The van der Waals surface area contributed by atoms with Crippen molar-refractivity contribution >= 4 is 45.5 Å². The Hall–Kier alpha value is -3.93. The Morgan fingerprint density at radius 2 is 1.85 bits per heavy atom. The highest BCUT2D eigenvalue weighted by atomic mass is 32.1. The van der Waals surface area contributed by atoms with Crippen LogP contribution in [-0.2, 0) is 16.7 Å². The lowest BCUT2D eigenvalue weighted by molar-refractivity contribution is 0.102. The first kappa shape index (κ1) is 30.6. The molecule has 2 aromatic carbocycles. The summed E-state index contributed by atoms with van der Waals surface area (Å²) in [6, 6.07) is 11.7. The summed E-state index contributed by atoms with van der Waals surface area (Å²) < 4.78 is 4.58. The molecule has 0 atom stereocenters. The van der Waals surface area contributed by atoms with E-state index in [-0.39, 0.29) is 11.3 Å². The number of methoxy groups -OCH3 is 1. The van der Waals surface area contributed by atoms with Gasteiger partial charge in [0.25, 0.3) is 5.91 Å². The van der Waals surface area contributed by atoms with Gasteiger partial charge in [0.1, 0.15) is 0 Å². The number of nitrogens with zero attached hydrogens (tertiary/aromatic N) is 3. The Kier molecular flexibility index (Phi) is 9.91. The lowest BCUT2D eigenvalue weighted by Gasteiger charge is -2.22. The Bertz CT molecular complexity index is 1390. The summed E-state index contributed by atoms with van der Waals surface area (Å²) in [6.45, 7) is 9.41. The lowest BCUT2D eigenvalue weighted by atomic mass is 9.85. The van der Waals surface area contributed by atoms with Crippen molar-refractivity contribution in [2.75, 3.05) is 43.4 Å². The van der Waals surface area contributed by atoms with Crippen LogP contribution in [-0.4, -0.2) is 49.6 Å². The van der Waals surface area contributed by atoms with Crippen LogP contribution in [0.5, 0.6) is 0 Å². The molecule has 2 amide bonds. The van der Waals surface area contributed by atoms with Crippen LogP contribution in [0.25, 0.3) is 5.70 Å². The number of amides is 2. The van der Waals surface area contributed by atoms with Gasteiger partial charge in [-0.1, -0.05) is 44.2 Å². The summed E-state index contributed by atoms with van der Waals surface area (Å²) in [7, 11) is 5.30. The summed E-state index contributed by atoms with van der Waals surface area (Å²) >= 11 is 1.22. The van der Waals surface area contributed by atoms with Gasteiger partial charge in [0.2, 0.25) is 0 Å². The normalized spacial score (nSPS) is 11.9. The summed E-state index contributed by atoms with van der Waals surface area (Å²) in [5.74, 6) is 6.20. The summed E-state index contributed by atoms with van der Waals surface area (Å²) in [6.07, 6.45) is 2.74. The minimum Gasteiger partial charge on any atom is -0.453 e. The first-order chi connectivity index (χ1) is 18.8. The smallest absolute Gasteiger partial charge is 0.413 e. The van der Waals surface area contributed by atoms with Crippen molar-refractivity contribution in [2.45, 2.75) is 39.7 Å². The standard InChI is InChI=1S/C29H39N7O3S/c1-18-8-9-22(33-26(37)20-12-19(17-35(5)6)13-21(14-20)29(2,3)4)15-24(18)36(31)11-10-23(30)25-16-32-27(40-25)34-28(38)39-7/h8-10,12-16H,11,17,30-31H2,1-7H3,(H,33,37)(H,32,34,38)/b23-10-. The van der Waals surface area contributed by atoms with Gasteiger partial charge in [-0.05, 0) is 73.5 Å². The molecule has 1 heterocycles. The number of nitrogens with two attached hydrogens (primary N) is 2. The fourth-order valence-electron chi connectivity index (χ4n) is 3.91. The van der Waals surface area contributed by atoms with Crippen molar-refractivity contribution in [1.82, 2.24) is 9.88 Å². The number of benzene rings is 2. The van der Waals surface area contributed by atoms with E-state index in [2.05, 4.69) is 52.1 Å². The monoisotopic (exact) mass is 565 g/mol. The fourth-order valence-corrected chi connectivity index (χ4v) is 4.67. The molecule has 0 spiro atoms. The number of hydrazine groups is 1. The van der Waals surface area contributed by atoms with Crippen LogP contribution >= 0.6 is 11.3 Å². The molecule has 10 nitrogen and oxygen atoms in total. The summed E-state index contributed by atoms with van der Waals surface area (Å²) in [4.78, 5) is 31.6. The van der Waals surface area contributed by atoms with E-state index in [4.69, 9.17) is 11.6 Å². The van der Waals surface area contributed by atoms with Crippen molar-refractivity contribution in [3.63, 3.8) is 0 Å². The van der Waals surface area contributed by atoms with Crippen molar-refractivity contribution < 1.29 is 14.3 Å². The predicted molar refractivity (Wildman–Crippen MR) is 164 cm³/mol. The van der Waals surface area contributed by atoms with Gasteiger partial charge in [-0.15, -0.1) is 0 Å². The van der Waals surface area contributed by atoms with E-state index in [1.165, 1.54) is 18.4 Å². The van der Waals surface area contributed by atoms with E-state index in [9.17, 15) is 9.59 Å². The Morgan fingerprint density at radius 3 is 2.50 bits per heavy atom. The van der Waals surface area contributed by atoms with Gasteiger partial charge in [-0.3, -0.25) is 10.1 Å². The molecule has 0 unspecified atom stereocenters. The topological polar surface area (TPSA) is 139 Å². The van der Waals surface area contributed by atoms with E-state index < -0.39 is 6.09 Å². The zero-order chi connectivity index (χ0) is 29.6. The van der Waals surface area contributed by atoms with E-state index >= 15 is 0 Å². The largest absolute Gasteiger partial charge is 0.453 e. The maximum Gasteiger partial charge on any atom is 0.413 e. The van der Waals surface area contributed by atoms with Crippen LogP contribution in [0.4, 0.5) is 21.3 Å². The second-order valence-corrected chi connectivity index (χ2v) is 11.9. The van der Waals surface area contributed by atoms with Gasteiger partial charge in [0.15, 0.2) is 5.13 Å². The number of carbonyl (C=O) groups excluding carboxylic acids is 2. The number of thiazole rings is 1. The number of hydrogen-bond acceptors (Lipinski definition) is 9. The second-order valence-electron chi connectivity index (χ2n) is 10.8. The first-order valence-electron chi connectivity index (χ1n) is 12.8. The molecule has 6 N–H and O–H groups in total. The molecule has 0 aliphatic carbocycles. The molecule has 11 heteroatoms. The molecule has 0 saturated carbocycles. The molecule has 3 aromatic rings. The highest BCUT2D eigenvalue weighted by Gasteiger charge is 2.18. The van der Waals surface area contributed by atoms with Gasteiger partial charge in [-0.25, -0.2) is 15.6 Å². The van der Waals surface area contributed by atoms with Crippen LogP contribution in [0, 0.1) is 6.92 Å². The molecule has 0 aliphatic rings. The molecule has 1 aromatic heterocycles. The average molecular weight is 566 g/mol. The maximum atomic E-state index is 13.3. The van der Waals surface area contributed by atoms with Gasteiger partial charge < -0.3 is 25.7 Å². The molecular formula is C29H39N7O3S. The third-order valence-corrected chi connectivity index (χ3v) is 7.05. The second kappa shape index (κ2) is 12.9. The van der Waals surface area contributed by atoms with Crippen LogP contribution in [0.1, 0.15) is 52.7 Å². The number of aromatic nitrogens is 1. The quantitative estimate of drug-likeness (QED) is 0.212. The highest BCUT2D eigenvalue weighted by molar-refractivity contribution is 7.16. The zero-order valence-corrected chi connectivity index (χ0v) is 25.0.